The van der Waals surface area contributed by atoms with E-state index in [1.54, 1.807) is 0 Å². The Morgan fingerprint density at radius 2 is 1.86 bits per heavy atom. The van der Waals surface area contributed by atoms with Gasteiger partial charge in [0, 0.05) is 13.1 Å². The van der Waals surface area contributed by atoms with E-state index >= 15 is 0 Å². The molecule has 1 saturated carbocycles. The highest BCUT2D eigenvalue weighted by Gasteiger charge is 2.34. The Morgan fingerprint density at radius 3 is 2.45 bits per heavy atom. The summed E-state index contributed by atoms with van der Waals surface area (Å²) in [7, 11) is -2.90. The third-order valence-electron chi connectivity index (χ3n) is 5.03. The number of ether oxygens (including phenoxy) is 1. The van der Waals surface area contributed by atoms with E-state index < -0.39 is 9.84 Å². The first-order valence-corrected chi connectivity index (χ1v) is 10.2. The predicted octanol–water partition coefficient (Wildman–Crippen LogP) is 1.72. The van der Waals surface area contributed by atoms with Gasteiger partial charge in [0.05, 0.1) is 18.1 Å². The summed E-state index contributed by atoms with van der Waals surface area (Å²) in [6.07, 6.45) is 3.30. The van der Waals surface area contributed by atoms with Crippen molar-refractivity contribution in [1.29, 1.82) is 0 Å². The lowest BCUT2D eigenvalue weighted by Crippen LogP contribution is -2.44. The summed E-state index contributed by atoms with van der Waals surface area (Å²) in [4.78, 5) is 14.1. The molecule has 0 bridgehead atoms. The third-order valence-corrected chi connectivity index (χ3v) is 6.64. The maximum atomic E-state index is 12.2. The number of sulfone groups is 1. The van der Waals surface area contributed by atoms with Gasteiger partial charge in [-0.25, -0.2) is 8.42 Å². The molecule has 2 fully saturated rings. The molecular weight excluding hydrogens is 302 g/mol. The number of carbonyl (C=O) groups excluding carboxylic acids is 1. The lowest BCUT2D eigenvalue weighted by molar-refractivity contribution is -0.157. The number of nitrogens with zero attached hydrogens (tertiary/aromatic N) is 1. The van der Waals surface area contributed by atoms with Gasteiger partial charge in [0.15, 0.2) is 9.84 Å². The van der Waals surface area contributed by atoms with Crippen molar-refractivity contribution < 1.29 is 17.9 Å². The van der Waals surface area contributed by atoms with Gasteiger partial charge in [-0.2, -0.15) is 0 Å². The van der Waals surface area contributed by atoms with Crippen molar-refractivity contribution in [3.63, 3.8) is 0 Å². The summed E-state index contributed by atoms with van der Waals surface area (Å²) in [5.74, 6) is 1.66. The molecule has 1 aliphatic carbocycles. The summed E-state index contributed by atoms with van der Waals surface area (Å²) in [6, 6.07) is 0. The summed E-state index contributed by atoms with van der Waals surface area (Å²) in [6.45, 7) is 7.68. The molecule has 0 aromatic heterocycles. The highest BCUT2D eigenvalue weighted by molar-refractivity contribution is 7.91. The molecular formula is C16H29NO4S. The molecule has 1 heterocycles. The van der Waals surface area contributed by atoms with Crippen molar-refractivity contribution in [3.05, 3.63) is 0 Å². The number of esters is 1. The smallest absolute Gasteiger partial charge is 0.320 e. The van der Waals surface area contributed by atoms with Gasteiger partial charge in [0.25, 0.3) is 0 Å². The van der Waals surface area contributed by atoms with Crippen LogP contribution in [0.3, 0.4) is 0 Å². The number of hydrogen-bond donors (Lipinski definition) is 0. The molecule has 128 valence electrons. The van der Waals surface area contributed by atoms with Crippen molar-refractivity contribution in [2.75, 3.05) is 31.1 Å². The topological polar surface area (TPSA) is 63.7 Å². The maximum absolute atomic E-state index is 12.2. The minimum Gasteiger partial charge on any atom is -0.461 e. The molecule has 2 aliphatic rings. The Balaban J connectivity index is 1.85. The zero-order valence-corrected chi connectivity index (χ0v) is 14.8. The zero-order valence-electron chi connectivity index (χ0n) is 14.0. The highest BCUT2D eigenvalue weighted by atomic mass is 32.2. The number of carbonyl (C=O) groups is 1. The van der Waals surface area contributed by atoms with Crippen molar-refractivity contribution >= 4 is 15.8 Å². The zero-order chi connectivity index (χ0) is 16.3. The van der Waals surface area contributed by atoms with Crippen LogP contribution in [0.4, 0.5) is 0 Å². The molecule has 1 saturated heterocycles. The molecule has 5 nitrogen and oxygen atoms in total. The second-order valence-electron chi connectivity index (χ2n) is 7.28. The van der Waals surface area contributed by atoms with Crippen LogP contribution in [0.15, 0.2) is 0 Å². The molecule has 22 heavy (non-hydrogen) atoms. The lowest BCUT2D eigenvalue weighted by Gasteiger charge is -2.37. The SMILES string of the molecule is CC(C)[C@@H]1CC[C@@H](C)C[C@@H]1OC(=O)CN1CCS(=O)(=O)CC1. The monoisotopic (exact) mass is 331 g/mol. The van der Waals surface area contributed by atoms with Crippen LogP contribution in [-0.4, -0.2) is 56.5 Å². The molecule has 0 aromatic carbocycles. The summed E-state index contributed by atoms with van der Waals surface area (Å²) in [5.41, 5.74) is 0. The van der Waals surface area contributed by atoms with E-state index in [2.05, 4.69) is 20.8 Å². The van der Waals surface area contributed by atoms with Crippen LogP contribution in [0.5, 0.6) is 0 Å². The van der Waals surface area contributed by atoms with Gasteiger partial charge in [0.2, 0.25) is 0 Å². The summed E-state index contributed by atoms with van der Waals surface area (Å²) >= 11 is 0. The third kappa shape index (κ3) is 4.95. The number of hydrogen-bond acceptors (Lipinski definition) is 5. The Morgan fingerprint density at radius 1 is 1.23 bits per heavy atom. The van der Waals surface area contributed by atoms with Crippen LogP contribution in [0.2, 0.25) is 0 Å². The Hall–Kier alpha value is -0.620. The van der Waals surface area contributed by atoms with Crippen molar-refractivity contribution in [2.24, 2.45) is 17.8 Å². The quantitative estimate of drug-likeness (QED) is 0.734. The first-order valence-electron chi connectivity index (χ1n) is 8.39. The van der Waals surface area contributed by atoms with E-state index in [1.165, 1.54) is 6.42 Å². The van der Waals surface area contributed by atoms with Crippen molar-refractivity contribution in [3.8, 4) is 0 Å². The van der Waals surface area contributed by atoms with Gasteiger partial charge in [-0.1, -0.05) is 27.2 Å². The van der Waals surface area contributed by atoms with E-state index in [-0.39, 0.29) is 30.1 Å². The normalized spacial score (nSPS) is 32.8. The van der Waals surface area contributed by atoms with E-state index in [1.807, 2.05) is 4.90 Å². The van der Waals surface area contributed by atoms with Gasteiger partial charge in [0.1, 0.15) is 6.10 Å². The molecule has 6 heteroatoms. The van der Waals surface area contributed by atoms with Gasteiger partial charge >= 0.3 is 5.97 Å². The van der Waals surface area contributed by atoms with Gasteiger partial charge in [-0.3, -0.25) is 9.69 Å². The minimum absolute atomic E-state index is 0.0183. The Labute approximate surface area is 134 Å². The van der Waals surface area contributed by atoms with Crippen molar-refractivity contribution in [2.45, 2.75) is 46.1 Å². The van der Waals surface area contributed by atoms with Crippen molar-refractivity contribution in [1.82, 2.24) is 4.90 Å². The second kappa shape index (κ2) is 7.30. The summed E-state index contributed by atoms with van der Waals surface area (Å²) < 4.78 is 28.6. The lowest BCUT2D eigenvalue weighted by atomic mass is 9.75. The molecule has 2 rings (SSSR count). The van der Waals surface area contributed by atoms with Crippen LogP contribution in [0.25, 0.3) is 0 Å². The molecule has 0 amide bonds. The summed E-state index contributed by atoms with van der Waals surface area (Å²) in [5, 5.41) is 0. The fourth-order valence-electron chi connectivity index (χ4n) is 3.55. The van der Waals surface area contributed by atoms with Gasteiger partial charge < -0.3 is 4.74 Å². The fraction of sp³-hybridized carbons (Fsp3) is 0.938. The van der Waals surface area contributed by atoms with Crippen LogP contribution >= 0.6 is 0 Å². The largest absolute Gasteiger partial charge is 0.461 e. The molecule has 0 unspecified atom stereocenters. The average Bonchev–Trinajstić information content (AvgIpc) is 2.41. The standard InChI is InChI=1S/C16H29NO4S/c1-12(2)14-5-4-13(3)10-15(14)21-16(18)11-17-6-8-22(19,20)9-7-17/h12-15H,4-11H2,1-3H3/t13-,14+,15+/m1/s1. The van der Waals surface area contributed by atoms with Crippen LogP contribution < -0.4 is 0 Å². The van der Waals surface area contributed by atoms with E-state index in [0.717, 1.165) is 12.8 Å². The van der Waals surface area contributed by atoms with E-state index in [9.17, 15) is 13.2 Å². The molecule has 1 aliphatic heterocycles. The van der Waals surface area contributed by atoms with Gasteiger partial charge in [-0.05, 0) is 30.6 Å². The number of rotatable bonds is 4. The van der Waals surface area contributed by atoms with Crippen LogP contribution in [-0.2, 0) is 19.4 Å². The molecule has 3 atom stereocenters. The predicted molar refractivity (Wildman–Crippen MR) is 86.3 cm³/mol. The fourth-order valence-corrected chi connectivity index (χ4v) is 4.82. The Bertz CT molecular complexity index is 474. The molecule has 0 spiro atoms. The molecule has 0 aromatic rings. The minimum atomic E-state index is -2.90. The molecule has 0 N–H and O–H groups in total. The maximum Gasteiger partial charge on any atom is 0.320 e. The van der Waals surface area contributed by atoms with E-state index in [0.29, 0.717) is 30.8 Å². The Kier molecular flexibility index (Phi) is 5.88. The van der Waals surface area contributed by atoms with Gasteiger partial charge in [-0.15, -0.1) is 0 Å². The highest BCUT2D eigenvalue weighted by Crippen LogP contribution is 2.35. The molecule has 0 radical (unpaired) electrons. The first-order chi connectivity index (χ1) is 10.3. The van der Waals surface area contributed by atoms with E-state index in [4.69, 9.17) is 4.74 Å². The second-order valence-corrected chi connectivity index (χ2v) is 9.59. The average molecular weight is 331 g/mol. The van der Waals surface area contributed by atoms with Crippen LogP contribution in [0, 0.1) is 17.8 Å². The van der Waals surface area contributed by atoms with Crippen LogP contribution in [0.1, 0.15) is 40.0 Å². The first kappa shape index (κ1) is 17.7.